The third-order valence-electron chi connectivity index (χ3n) is 4.25. The van der Waals surface area contributed by atoms with E-state index in [9.17, 15) is 9.59 Å². The molecule has 1 saturated heterocycles. The fourth-order valence-electron chi connectivity index (χ4n) is 3.00. The molecular weight excluding hydrogens is 320 g/mol. The zero-order valence-electron chi connectivity index (χ0n) is 15.1. The largest absolute Gasteiger partial charge is 0.497 e. The van der Waals surface area contributed by atoms with E-state index in [0.717, 1.165) is 16.7 Å². The molecule has 1 aliphatic heterocycles. The second-order valence-electron chi connectivity index (χ2n) is 7.46. The van der Waals surface area contributed by atoms with Gasteiger partial charge in [0.15, 0.2) is 0 Å². The number of fused-ring (bicyclic) bond motifs is 1. The average molecular weight is 344 g/mol. The summed E-state index contributed by atoms with van der Waals surface area (Å²) in [6.45, 7) is 7.33. The third kappa shape index (κ3) is 3.78. The number of pyridine rings is 1. The normalized spacial score (nSPS) is 15.1. The van der Waals surface area contributed by atoms with Crippen LogP contribution in [0.5, 0.6) is 5.75 Å². The van der Waals surface area contributed by atoms with E-state index >= 15 is 0 Å². The number of benzene rings is 1. The molecule has 0 saturated carbocycles. The molecule has 0 bridgehead atoms. The standard InChI is InChI=1S/C19H24N2O4/c1-19(2,3)25-18(23)20-10-13(11-20)12-21-16-9-15(24-4)7-5-14(16)6-8-17(21)22/h5-9,13H,10-12H2,1-4H3. The van der Waals surface area contributed by atoms with Crippen LogP contribution in [0.25, 0.3) is 10.9 Å². The third-order valence-corrected chi connectivity index (χ3v) is 4.25. The summed E-state index contributed by atoms with van der Waals surface area (Å²) < 4.78 is 12.4. The molecule has 1 aromatic heterocycles. The average Bonchev–Trinajstić information content (AvgIpc) is 2.49. The maximum absolute atomic E-state index is 12.3. The van der Waals surface area contributed by atoms with E-state index < -0.39 is 5.60 Å². The van der Waals surface area contributed by atoms with Gasteiger partial charge in [-0.2, -0.15) is 0 Å². The van der Waals surface area contributed by atoms with Crippen molar-refractivity contribution in [3.05, 3.63) is 40.7 Å². The Kier molecular flexibility index (Phi) is 4.45. The van der Waals surface area contributed by atoms with Gasteiger partial charge in [0, 0.05) is 37.7 Å². The first-order valence-electron chi connectivity index (χ1n) is 8.42. The summed E-state index contributed by atoms with van der Waals surface area (Å²) in [6, 6.07) is 9.10. The van der Waals surface area contributed by atoms with Crippen LogP contribution in [0.3, 0.4) is 0 Å². The fraction of sp³-hybridized carbons (Fsp3) is 0.474. The van der Waals surface area contributed by atoms with Gasteiger partial charge in [-0.3, -0.25) is 4.79 Å². The SMILES string of the molecule is COc1ccc2ccc(=O)n(CC3CN(C(=O)OC(C)(C)C)C3)c2c1. The van der Waals surface area contributed by atoms with E-state index in [1.165, 1.54) is 0 Å². The van der Waals surface area contributed by atoms with Gasteiger partial charge in [0.1, 0.15) is 11.4 Å². The van der Waals surface area contributed by atoms with E-state index in [1.807, 2.05) is 45.0 Å². The van der Waals surface area contributed by atoms with E-state index in [0.29, 0.717) is 19.6 Å². The van der Waals surface area contributed by atoms with Gasteiger partial charge >= 0.3 is 6.09 Å². The molecule has 1 aliphatic rings. The number of nitrogens with zero attached hydrogens (tertiary/aromatic N) is 2. The first kappa shape index (κ1) is 17.3. The molecule has 0 aliphatic carbocycles. The number of ether oxygens (including phenoxy) is 2. The van der Waals surface area contributed by atoms with Crippen molar-refractivity contribution in [3.8, 4) is 5.75 Å². The number of amides is 1. The van der Waals surface area contributed by atoms with Crippen LogP contribution < -0.4 is 10.3 Å². The van der Waals surface area contributed by atoms with E-state index in [1.54, 1.807) is 22.6 Å². The van der Waals surface area contributed by atoms with Crippen molar-refractivity contribution in [3.63, 3.8) is 0 Å². The van der Waals surface area contributed by atoms with Gasteiger partial charge in [-0.25, -0.2) is 4.79 Å². The molecule has 0 unspecified atom stereocenters. The Bertz CT molecular complexity index is 845. The number of carbonyl (C=O) groups excluding carboxylic acids is 1. The summed E-state index contributed by atoms with van der Waals surface area (Å²) in [5.74, 6) is 0.956. The zero-order valence-corrected chi connectivity index (χ0v) is 15.1. The molecule has 2 heterocycles. The Balaban J connectivity index is 1.73. The Morgan fingerprint density at radius 3 is 2.52 bits per heavy atom. The van der Waals surface area contributed by atoms with Crippen molar-refractivity contribution >= 4 is 17.0 Å². The van der Waals surface area contributed by atoms with Gasteiger partial charge in [0.05, 0.1) is 12.6 Å². The molecule has 1 fully saturated rings. The van der Waals surface area contributed by atoms with Gasteiger partial charge in [-0.1, -0.05) is 0 Å². The number of aromatic nitrogens is 1. The summed E-state index contributed by atoms with van der Waals surface area (Å²) in [6.07, 6.45) is -0.296. The minimum Gasteiger partial charge on any atom is -0.497 e. The van der Waals surface area contributed by atoms with Gasteiger partial charge in [-0.05, 0) is 44.4 Å². The molecule has 0 atom stereocenters. The van der Waals surface area contributed by atoms with Crippen LogP contribution >= 0.6 is 0 Å². The molecule has 1 amide bonds. The maximum atomic E-state index is 12.3. The zero-order chi connectivity index (χ0) is 18.2. The fourth-order valence-corrected chi connectivity index (χ4v) is 3.00. The second-order valence-corrected chi connectivity index (χ2v) is 7.46. The van der Waals surface area contributed by atoms with Crippen molar-refractivity contribution in [1.82, 2.24) is 9.47 Å². The minimum atomic E-state index is -0.495. The molecule has 25 heavy (non-hydrogen) atoms. The van der Waals surface area contributed by atoms with Crippen LogP contribution in [0.4, 0.5) is 4.79 Å². The number of likely N-dealkylation sites (tertiary alicyclic amines) is 1. The quantitative estimate of drug-likeness (QED) is 0.859. The van der Waals surface area contributed by atoms with Crippen molar-refractivity contribution in [2.45, 2.75) is 32.9 Å². The molecule has 1 aromatic carbocycles. The highest BCUT2D eigenvalue weighted by Crippen LogP contribution is 2.24. The highest BCUT2D eigenvalue weighted by molar-refractivity contribution is 5.80. The summed E-state index contributed by atoms with van der Waals surface area (Å²) in [5.41, 5.74) is 0.310. The molecule has 134 valence electrons. The number of hydrogen-bond donors (Lipinski definition) is 0. The van der Waals surface area contributed by atoms with Gasteiger partial charge < -0.3 is 18.9 Å². The lowest BCUT2D eigenvalue weighted by Gasteiger charge is -2.40. The number of carbonyl (C=O) groups is 1. The van der Waals surface area contributed by atoms with Crippen molar-refractivity contribution in [2.75, 3.05) is 20.2 Å². The van der Waals surface area contributed by atoms with Crippen LogP contribution in [0.15, 0.2) is 35.1 Å². The smallest absolute Gasteiger partial charge is 0.410 e. The number of rotatable bonds is 3. The van der Waals surface area contributed by atoms with Crippen molar-refractivity contribution < 1.29 is 14.3 Å². The lowest BCUT2D eigenvalue weighted by atomic mass is 10.0. The minimum absolute atomic E-state index is 0.0449. The van der Waals surface area contributed by atoms with Gasteiger partial charge in [0.25, 0.3) is 5.56 Å². The molecule has 3 rings (SSSR count). The Morgan fingerprint density at radius 1 is 1.20 bits per heavy atom. The highest BCUT2D eigenvalue weighted by Gasteiger charge is 2.34. The lowest BCUT2D eigenvalue weighted by Crippen LogP contribution is -2.53. The first-order valence-corrected chi connectivity index (χ1v) is 8.42. The Morgan fingerprint density at radius 2 is 1.88 bits per heavy atom. The first-order chi connectivity index (χ1) is 11.8. The van der Waals surface area contributed by atoms with Crippen molar-refractivity contribution in [1.29, 1.82) is 0 Å². The Labute approximate surface area is 146 Å². The molecule has 6 heteroatoms. The van der Waals surface area contributed by atoms with E-state index in [2.05, 4.69) is 0 Å². The predicted octanol–water partition coefficient (Wildman–Crippen LogP) is 2.88. The van der Waals surface area contributed by atoms with Crippen LogP contribution in [0.1, 0.15) is 20.8 Å². The van der Waals surface area contributed by atoms with Gasteiger partial charge in [-0.15, -0.1) is 0 Å². The summed E-state index contributed by atoms with van der Waals surface area (Å²) >= 11 is 0. The van der Waals surface area contributed by atoms with E-state index in [-0.39, 0.29) is 17.6 Å². The topological polar surface area (TPSA) is 60.8 Å². The maximum Gasteiger partial charge on any atom is 0.410 e. The molecule has 0 N–H and O–H groups in total. The molecule has 2 aromatic rings. The molecule has 0 radical (unpaired) electrons. The van der Waals surface area contributed by atoms with Crippen LogP contribution in [0.2, 0.25) is 0 Å². The lowest BCUT2D eigenvalue weighted by molar-refractivity contribution is -0.00328. The molecule has 6 nitrogen and oxygen atoms in total. The second kappa shape index (κ2) is 6.43. The molecular formula is C19H24N2O4. The van der Waals surface area contributed by atoms with E-state index in [4.69, 9.17) is 9.47 Å². The summed E-state index contributed by atoms with van der Waals surface area (Å²) in [4.78, 5) is 26.0. The predicted molar refractivity (Wildman–Crippen MR) is 96.1 cm³/mol. The monoisotopic (exact) mass is 344 g/mol. The summed E-state index contributed by atoms with van der Waals surface area (Å²) in [5, 5.41) is 0.990. The number of methoxy groups -OCH3 is 1. The summed E-state index contributed by atoms with van der Waals surface area (Å²) in [7, 11) is 1.61. The van der Waals surface area contributed by atoms with Crippen molar-refractivity contribution in [2.24, 2.45) is 5.92 Å². The molecule has 0 spiro atoms. The van der Waals surface area contributed by atoms with Crippen LogP contribution in [-0.4, -0.2) is 41.4 Å². The van der Waals surface area contributed by atoms with Crippen LogP contribution in [-0.2, 0) is 11.3 Å². The van der Waals surface area contributed by atoms with Gasteiger partial charge in [0.2, 0.25) is 0 Å². The van der Waals surface area contributed by atoms with Crippen LogP contribution in [0, 0.1) is 5.92 Å². The number of hydrogen-bond acceptors (Lipinski definition) is 4. The highest BCUT2D eigenvalue weighted by atomic mass is 16.6. The Hall–Kier alpha value is -2.50.